The van der Waals surface area contributed by atoms with Gasteiger partial charge in [-0.25, -0.2) is 4.79 Å². The van der Waals surface area contributed by atoms with E-state index in [0.717, 1.165) is 12.8 Å². The van der Waals surface area contributed by atoms with Gasteiger partial charge < -0.3 is 4.74 Å². The molecule has 0 aliphatic rings. The van der Waals surface area contributed by atoms with Crippen molar-refractivity contribution in [2.24, 2.45) is 0 Å². The van der Waals surface area contributed by atoms with Crippen LogP contribution in [0.4, 0.5) is 0 Å². The molecule has 2 nitrogen and oxygen atoms in total. The lowest BCUT2D eigenvalue weighted by atomic mass is 10.0. The first kappa shape index (κ1) is 15.7. The zero-order valence-electron chi connectivity index (χ0n) is 12.4. The summed E-state index contributed by atoms with van der Waals surface area (Å²) >= 11 is 0. The molecule has 1 aromatic carbocycles. The van der Waals surface area contributed by atoms with Crippen LogP contribution in [0.15, 0.2) is 24.3 Å². The van der Waals surface area contributed by atoms with Crippen molar-refractivity contribution >= 4 is 5.97 Å². The summed E-state index contributed by atoms with van der Waals surface area (Å²) in [4.78, 5) is 11.8. The maximum Gasteiger partial charge on any atom is 0.338 e. The summed E-state index contributed by atoms with van der Waals surface area (Å²) in [5, 5.41) is 0. The number of hydrogen-bond acceptors (Lipinski definition) is 2. The third kappa shape index (κ3) is 5.91. The van der Waals surface area contributed by atoms with Crippen LogP contribution in [-0.2, 0) is 11.2 Å². The van der Waals surface area contributed by atoms with Crippen molar-refractivity contribution in [2.75, 3.05) is 0 Å². The molecule has 1 rings (SSSR count). The molecule has 1 atom stereocenters. The van der Waals surface area contributed by atoms with Crippen LogP contribution in [0.2, 0.25) is 0 Å². The summed E-state index contributed by atoms with van der Waals surface area (Å²) in [6.45, 7) is 6.15. The second kappa shape index (κ2) is 8.73. The van der Waals surface area contributed by atoms with E-state index in [0.29, 0.717) is 5.56 Å². The summed E-state index contributed by atoms with van der Waals surface area (Å²) in [5.74, 6) is -0.216. The number of carbonyl (C=O) groups is 1. The number of ether oxygens (including phenoxy) is 1. The number of hydrogen-bond donors (Lipinski definition) is 0. The van der Waals surface area contributed by atoms with Crippen LogP contribution in [0.25, 0.3) is 0 Å². The topological polar surface area (TPSA) is 26.3 Å². The molecule has 0 aliphatic carbocycles. The quantitative estimate of drug-likeness (QED) is 0.498. The van der Waals surface area contributed by atoms with Crippen molar-refractivity contribution in [2.45, 2.75) is 65.4 Å². The molecule has 106 valence electrons. The van der Waals surface area contributed by atoms with Crippen LogP contribution in [-0.4, -0.2) is 12.1 Å². The van der Waals surface area contributed by atoms with Gasteiger partial charge in [0.05, 0.1) is 11.7 Å². The lowest BCUT2D eigenvalue weighted by Crippen LogP contribution is -2.13. The van der Waals surface area contributed by atoms with E-state index >= 15 is 0 Å². The molecule has 0 heterocycles. The highest BCUT2D eigenvalue weighted by atomic mass is 16.5. The van der Waals surface area contributed by atoms with Crippen LogP contribution in [0.1, 0.15) is 68.8 Å². The Morgan fingerprint density at radius 3 is 2.37 bits per heavy atom. The minimum absolute atomic E-state index is 0.0128. The van der Waals surface area contributed by atoms with Gasteiger partial charge in [0.2, 0.25) is 0 Å². The number of carbonyl (C=O) groups excluding carboxylic acids is 1. The predicted molar refractivity (Wildman–Crippen MR) is 79.5 cm³/mol. The van der Waals surface area contributed by atoms with Crippen molar-refractivity contribution < 1.29 is 9.53 Å². The smallest absolute Gasteiger partial charge is 0.338 e. The van der Waals surface area contributed by atoms with Gasteiger partial charge in [-0.2, -0.15) is 0 Å². The van der Waals surface area contributed by atoms with E-state index in [1.807, 2.05) is 38.1 Å². The number of esters is 1. The molecule has 0 saturated heterocycles. The number of benzene rings is 1. The van der Waals surface area contributed by atoms with E-state index in [1.165, 1.54) is 31.2 Å². The average Bonchev–Trinajstić information content (AvgIpc) is 2.44. The number of aryl methyl sites for hydroxylation is 1. The molecule has 0 fully saturated rings. The van der Waals surface area contributed by atoms with Crippen molar-refractivity contribution in [1.82, 2.24) is 0 Å². The monoisotopic (exact) mass is 262 g/mol. The molecule has 19 heavy (non-hydrogen) atoms. The Bertz CT molecular complexity index is 367. The molecule has 0 N–H and O–H groups in total. The zero-order valence-corrected chi connectivity index (χ0v) is 12.4. The van der Waals surface area contributed by atoms with Gasteiger partial charge in [-0.15, -0.1) is 0 Å². The van der Waals surface area contributed by atoms with Crippen molar-refractivity contribution in [3.8, 4) is 0 Å². The predicted octanol–water partition coefficient (Wildman–Crippen LogP) is 4.76. The lowest BCUT2D eigenvalue weighted by Gasteiger charge is -2.11. The van der Waals surface area contributed by atoms with Gasteiger partial charge >= 0.3 is 5.97 Å². The maximum absolute atomic E-state index is 11.8. The highest BCUT2D eigenvalue weighted by Crippen LogP contribution is 2.11. The Kier molecular flexibility index (Phi) is 7.24. The van der Waals surface area contributed by atoms with Gasteiger partial charge in [0, 0.05) is 0 Å². The third-order valence-electron chi connectivity index (χ3n) is 3.39. The van der Waals surface area contributed by atoms with Crippen LogP contribution in [0, 0.1) is 0 Å². The Morgan fingerprint density at radius 1 is 1.11 bits per heavy atom. The van der Waals surface area contributed by atoms with Crippen LogP contribution < -0.4 is 0 Å². The van der Waals surface area contributed by atoms with E-state index in [-0.39, 0.29) is 12.1 Å². The molecule has 0 spiro atoms. The van der Waals surface area contributed by atoms with E-state index in [4.69, 9.17) is 4.74 Å². The standard InChI is InChI=1S/C17H26O2/c1-4-6-7-8-9-15-10-12-16(13-11-15)17(18)19-14(3)5-2/h10-14H,4-9H2,1-3H3. The first-order valence-electron chi connectivity index (χ1n) is 7.47. The average molecular weight is 262 g/mol. The minimum atomic E-state index is -0.216. The Hall–Kier alpha value is -1.31. The molecular formula is C17H26O2. The summed E-state index contributed by atoms with van der Waals surface area (Å²) < 4.78 is 5.30. The zero-order chi connectivity index (χ0) is 14.1. The normalized spacial score (nSPS) is 12.2. The van der Waals surface area contributed by atoms with E-state index < -0.39 is 0 Å². The molecule has 0 aliphatic heterocycles. The van der Waals surface area contributed by atoms with Crippen LogP contribution in [0.3, 0.4) is 0 Å². The van der Waals surface area contributed by atoms with Gasteiger partial charge in [0.25, 0.3) is 0 Å². The Balaban J connectivity index is 2.44. The Morgan fingerprint density at radius 2 is 1.79 bits per heavy atom. The lowest BCUT2D eigenvalue weighted by molar-refractivity contribution is 0.0334. The van der Waals surface area contributed by atoms with E-state index in [1.54, 1.807) is 0 Å². The third-order valence-corrected chi connectivity index (χ3v) is 3.39. The molecule has 0 amide bonds. The van der Waals surface area contributed by atoms with Gasteiger partial charge in [-0.1, -0.05) is 45.2 Å². The minimum Gasteiger partial charge on any atom is -0.459 e. The van der Waals surface area contributed by atoms with Crippen LogP contribution in [0.5, 0.6) is 0 Å². The summed E-state index contributed by atoms with van der Waals surface area (Å²) in [6.07, 6.45) is 7.02. The van der Waals surface area contributed by atoms with Crippen LogP contribution >= 0.6 is 0 Å². The SMILES string of the molecule is CCCCCCc1ccc(C(=O)OC(C)CC)cc1. The van der Waals surface area contributed by atoms with E-state index in [2.05, 4.69) is 6.92 Å². The fraction of sp³-hybridized carbons (Fsp3) is 0.588. The summed E-state index contributed by atoms with van der Waals surface area (Å²) in [6, 6.07) is 7.83. The number of rotatable bonds is 8. The molecule has 0 aromatic heterocycles. The molecule has 0 radical (unpaired) electrons. The fourth-order valence-corrected chi connectivity index (χ4v) is 1.90. The first-order valence-corrected chi connectivity index (χ1v) is 7.47. The molecule has 0 bridgehead atoms. The van der Waals surface area contributed by atoms with Gasteiger partial charge in [-0.05, 0) is 43.9 Å². The molecule has 0 saturated carbocycles. The van der Waals surface area contributed by atoms with Gasteiger partial charge in [-0.3, -0.25) is 0 Å². The highest BCUT2D eigenvalue weighted by Gasteiger charge is 2.10. The van der Waals surface area contributed by atoms with Crippen molar-refractivity contribution in [3.05, 3.63) is 35.4 Å². The number of unbranched alkanes of at least 4 members (excludes halogenated alkanes) is 3. The van der Waals surface area contributed by atoms with Gasteiger partial charge in [0.15, 0.2) is 0 Å². The molecule has 1 unspecified atom stereocenters. The van der Waals surface area contributed by atoms with E-state index in [9.17, 15) is 4.79 Å². The molecule has 1 aromatic rings. The largest absolute Gasteiger partial charge is 0.459 e. The summed E-state index contributed by atoms with van der Waals surface area (Å²) in [5.41, 5.74) is 1.95. The molecule has 2 heteroatoms. The van der Waals surface area contributed by atoms with Crippen molar-refractivity contribution in [1.29, 1.82) is 0 Å². The second-order valence-corrected chi connectivity index (χ2v) is 5.13. The van der Waals surface area contributed by atoms with Gasteiger partial charge in [0.1, 0.15) is 0 Å². The molecular weight excluding hydrogens is 236 g/mol. The fourth-order valence-electron chi connectivity index (χ4n) is 1.90. The van der Waals surface area contributed by atoms with Crippen molar-refractivity contribution in [3.63, 3.8) is 0 Å². The maximum atomic E-state index is 11.8. The second-order valence-electron chi connectivity index (χ2n) is 5.13. The highest BCUT2D eigenvalue weighted by molar-refractivity contribution is 5.89. The first-order chi connectivity index (χ1) is 9.17. The Labute approximate surface area is 117 Å². The summed E-state index contributed by atoms with van der Waals surface area (Å²) in [7, 11) is 0.